The molecule has 5 nitrogen and oxygen atoms in total. The number of carbonyl (C=O) groups is 1. The Labute approximate surface area is 153 Å². The predicted molar refractivity (Wildman–Crippen MR) is 99.0 cm³/mol. The third-order valence-corrected chi connectivity index (χ3v) is 4.77. The number of nitrogens with one attached hydrogen (secondary N) is 1. The van der Waals surface area contributed by atoms with Gasteiger partial charge in [0, 0.05) is 17.5 Å². The van der Waals surface area contributed by atoms with E-state index in [-0.39, 0.29) is 5.91 Å². The normalized spacial score (nSPS) is 10.7. The minimum Gasteiger partial charge on any atom is -0.493 e. The number of hydrogen-bond acceptors (Lipinski definition) is 5. The molecule has 7 heteroatoms. The van der Waals surface area contributed by atoms with Gasteiger partial charge in [-0.15, -0.1) is 11.3 Å². The molecule has 0 bridgehead atoms. The Morgan fingerprint density at radius 1 is 1.17 bits per heavy atom. The summed E-state index contributed by atoms with van der Waals surface area (Å²) in [5, 5.41) is 2.83. The predicted octanol–water partition coefficient (Wildman–Crippen LogP) is 3.87. The van der Waals surface area contributed by atoms with Crippen molar-refractivity contribution in [1.82, 2.24) is 5.32 Å². The number of ether oxygens (including phenoxy) is 3. The molecule has 0 saturated carbocycles. The topological polar surface area (TPSA) is 56.8 Å². The second-order valence-corrected chi connectivity index (χ2v) is 7.22. The fourth-order valence-corrected chi connectivity index (χ4v) is 3.39. The van der Waals surface area contributed by atoms with Crippen LogP contribution in [0, 0.1) is 0 Å². The zero-order valence-electron chi connectivity index (χ0n) is 13.6. The van der Waals surface area contributed by atoms with Crippen LogP contribution in [0.3, 0.4) is 0 Å². The molecule has 2 aromatic rings. The van der Waals surface area contributed by atoms with Crippen molar-refractivity contribution in [2.24, 2.45) is 0 Å². The molecule has 128 valence electrons. The Hall–Kier alpha value is -1.99. The summed E-state index contributed by atoms with van der Waals surface area (Å²) >= 11 is 4.95. The maximum atomic E-state index is 11.9. The highest BCUT2D eigenvalue weighted by atomic mass is 79.9. The van der Waals surface area contributed by atoms with E-state index in [1.54, 1.807) is 38.7 Å². The van der Waals surface area contributed by atoms with Crippen LogP contribution in [-0.4, -0.2) is 27.2 Å². The largest absolute Gasteiger partial charge is 0.493 e. The standard InChI is InChI=1S/C17H18BrNO4S/c1-21-13-8-11(9-14(22-2)17(13)23-3)10-19-16(20)7-5-12-4-6-15(18)24-12/h4-9H,10H2,1-3H3,(H,19,20)/b7-5+. The van der Waals surface area contributed by atoms with Gasteiger partial charge < -0.3 is 19.5 Å². The summed E-state index contributed by atoms with van der Waals surface area (Å²) < 4.78 is 16.9. The van der Waals surface area contributed by atoms with Crippen molar-refractivity contribution >= 4 is 39.2 Å². The van der Waals surface area contributed by atoms with E-state index in [4.69, 9.17) is 14.2 Å². The summed E-state index contributed by atoms with van der Waals surface area (Å²) in [6.45, 7) is 0.355. The highest BCUT2D eigenvalue weighted by Crippen LogP contribution is 2.38. The minimum atomic E-state index is -0.173. The average molecular weight is 412 g/mol. The molecule has 0 fully saturated rings. The van der Waals surface area contributed by atoms with Crippen LogP contribution in [-0.2, 0) is 11.3 Å². The fraction of sp³-hybridized carbons (Fsp3) is 0.235. The van der Waals surface area contributed by atoms with Crippen LogP contribution in [0.5, 0.6) is 17.2 Å². The number of carbonyl (C=O) groups excluding carboxylic acids is 1. The van der Waals surface area contributed by atoms with E-state index in [1.165, 1.54) is 6.08 Å². The Morgan fingerprint density at radius 2 is 1.83 bits per heavy atom. The number of hydrogen-bond donors (Lipinski definition) is 1. The molecule has 1 heterocycles. The molecule has 1 aromatic heterocycles. The lowest BCUT2D eigenvalue weighted by atomic mass is 10.1. The molecule has 0 aliphatic carbocycles. The van der Waals surface area contributed by atoms with Crippen molar-refractivity contribution in [3.8, 4) is 17.2 Å². The SMILES string of the molecule is COc1cc(CNC(=O)/C=C/c2ccc(Br)s2)cc(OC)c1OC. The first kappa shape index (κ1) is 18.4. The van der Waals surface area contributed by atoms with Gasteiger partial charge in [-0.05, 0) is 51.8 Å². The third-order valence-electron chi connectivity index (χ3n) is 3.18. The van der Waals surface area contributed by atoms with E-state index >= 15 is 0 Å². The number of amides is 1. The van der Waals surface area contributed by atoms with Crippen molar-refractivity contribution in [3.63, 3.8) is 0 Å². The molecule has 0 spiro atoms. The molecular formula is C17H18BrNO4S. The van der Waals surface area contributed by atoms with Gasteiger partial charge in [-0.25, -0.2) is 0 Å². The highest BCUT2D eigenvalue weighted by molar-refractivity contribution is 9.11. The van der Waals surface area contributed by atoms with Crippen molar-refractivity contribution < 1.29 is 19.0 Å². The molecule has 0 atom stereocenters. The van der Waals surface area contributed by atoms with E-state index in [1.807, 2.05) is 24.3 Å². The Kier molecular flexibility index (Phi) is 6.69. The molecule has 0 aliphatic rings. The van der Waals surface area contributed by atoms with Gasteiger partial charge in [0.2, 0.25) is 11.7 Å². The number of rotatable bonds is 7. The molecule has 0 aliphatic heterocycles. The summed E-state index contributed by atoms with van der Waals surface area (Å²) in [4.78, 5) is 12.9. The highest BCUT2D eigenvalue weighted by Gasteiger charge is 2.13. The van der Waals surface area contributed by atoms with Gasteiger partial charge in [0.1, 0.15) is 0 Å². The molecule has 0 unspecified atom stereocenters. The van der Waals surface area contributed by atoms with Crippen LogP contribution in [0.1, 0.15) is 10.4 Å². The van der Waals surface area contributed by atoms with Crippen molar-refractivity contribution in [2.45, 2.75) is 6.54 Å². The first-order valence-corrected chi connectivity index (χ1v) is 8.68. The molecule has 1 N–H and O–H groups in total. The lowest BCUT2D eigenvalue weighted by Gasteiger charge is -2.14. The zero-order chi connectivity index (χ0) is 17.5. The molecule has 0 saturated heterocycles. The number of halogens is 1. The molecule has 2 rings (SSSR count). The van der Waals surface area contributed by atoms with Gasteiger partial charge in [-0.3, -0.25) is 4.79 Å². The molecule has 24 heavy (non-hydrogen) atoms. The summed E-state index contributed by atoms with van der Waals surface area (Å²) in [6.07, 6.45) is 3.29. The first-order chi connectivity index (χ1) is 11.6. The average Bonchev–Trinajstić information content (AvgIpc) is 3.02. The van der Waals surface area contributed by atoms with E-state index in [0.29, 0.717) is 23.8 Å². The van der Waals surface area contributed by atoms with Crippen molar-refractivity contribution in [2.75, 3.05) is 21.3 Å². The lowest BCUT2D eigenvalue weighted by Crippen LogP contribution is -2.20. The van der Waals surface area contributed by atoms with Crippen molar-refractivity contribution in [1.29, 1.82) is 0 Å². The van der Waals surface area contributed by atoms with Crippen LogP contribution >= 0.6 is 27.3 Å². The lowest BCUT2D eigenvalue weighted by molar-refractivity contribution is -0.116. The van der Waals surface area contributed by atoms with Crippen LogP contribution in [0.25, 0.3) is 6.08 Å². The molecule has 1 amide bonds. The van der Waals surface area contributed by atoms with E-state index in [9.17, 15) is 4.79 Å². The summed E-state index contributed by atoms with van der Waals surface area (Å²) in [6, 6.07) is 7.50. The molecular weight excluding hydrogens is 394 g/mol. The van der Waals surface area contributed by atoms with Gasteiger partial charge in [0.15, 0.2) is 11.5 Å². The molecule has 1 aromatic carbocycles. The van der Waals surface area contributed by atoms with E-state index in [0.717, 1.165) is 14.2 Å². The Morgan fingerprint density at radius 3 is 2.33 bits per heavy atom. The number of benzene rings is 1. The van der Waals surface area contributed by atoms with Crippen LogP contribution in [0.4, 0.5) is 0 Å². The second kappa shape index (κ2) is 8.75. The quantitative estimate of drug-likeness (QED) is 0.702. The summed E-state index contributed by atoms with van der Waals surface area (Å²) in [5.41, 5.74) is 0.852. The van der Waals surface area contributed by atoms with E-state index in [2.05, 4.69) is 21.2 Å². The molecule has 0 radical (unpaired) electrons. The Bertz CT molecular complexity index is 717. The van der Waals surface area contributed by atoms with Crippen molar-refractivity contribution in [3.05, 3.63) is 44.6 Å². The van der Waals surface area contributed by atoms with Crippen LogP contribution in [0.15, 0.2) is 34.1 Å². The third kappa shape index (κ3) is 4.75. The minimum absolute atomic E-state index is 0.173. The van der Waals surface area contributed by atoms with Gasteiger partial charge in [-0.1, -0.05) is 0 Å². The summed E-state index contributed by atoms with van der Waals surface area (Å²) in [5.74, 6) is 1.46. The van der Waals surface area contributed by atoms with E-state index < -0.39 is 0 Å². The second-order valence-electron chi connectivity index (χ2n) is 4.73. The number of methoxy groups -OCH3 is 3. The Balaban J connectivity index is 2.03. The van der Waals surface area contributed by atoms with Gasteiger partial charge in [0.25, 0.3) is 0 Å². The van der Waals surface area contributed by atoms with Crippen LogP contribution in [0.2, 0.25) is 0 Å². The maximum absolute atomic E-state index is 11.9. The smallest absolute Gasteiger partial charge is 0.244 e. The monoisotopic (exact) mass is 411 g/mol. The fourth-order valence-electron chi connectivity index (χ4n) is 2.06. The zero-order valence-corrected chi connectivity index (χ0v) is 16.0. The van der Waals surface area contributed by atoms with Gasteiger partial charge >= 0.3 is 0 Å². The summed E-state index contributed by atoms with van der Waals surface area (Å²) in [7, 11) is 4.67. The number of thiophene rings is 1. The maximum Gasteiger partial charge on any atom is 0.244 e. The van der Waals surface area contributed by atoms with Gasteiger partial charge in [0.05, 0.1) is 25.1 Å². The first-order valence-electron chi connectivity index (χ1n) is 7.07. The van der Waals surface area contributed by atoms with Crippen LogP contribution < -0.4 is 19.5 Å². The van der Waals surface area contributed by atoms with Gasteiger partial charge in [-0.2, -0.15) is 0 Å².